The first-order valence-corrected chi connectivity index (χ1v) is 13.4. The number of hydrogen-bond acceptors (Lipinski definition) is 5. The largest absolute Gasteiger partial charge is 0.491 e. The van der Waals surface area contributed by atoms with Crippen molar-refractivity contribution in [1.82, 2.24) is 4.90 Å². The highest BCUT2D eigenvalue weighted by atomic mass is 16.5. The number of nitrogens with one attached hydrogen (secondary N) is 1. The molecule has 1 N–H and O–H groups in total. The Labute approximate surface area is 203 Å². The number of ketones is 1. The highest BCUT2D eigenvalue weighted by Crippen LogP contribution is 2.37. The normalized spacial score (nSPS) is 24.0. The van der Waals surface area contributed by atoms with E-state index in [-0.39, 0.29) is 18.0 Å². The first kappa shape index (κ1) is 22.0. The molecule has 1 aliphatic carbocycles. The second kappa shape index (κ2) is 9.61. The third-order valence-corrected chi connectivity index (χ3v) is 8.51. The van der Waals surface area contributed by atoms with Gasteiger partial charge in [-0.1, -0.05) is 49.6 Å². The number of aryl methyl sites for hydroxylation is 1. The zero-order valence-electron chi connectivity index (χ0n) is 20.2. The van der Waals surface area contributed by atoms with Gasteiger partial charge in [-0.2, -0.15) is 0 Å². The number of carbonyl (C=O) groups is 1. The van der Waals surface area contributed by atoms with Crippen molar-refractivity contribution >= 4 is 17.2 Å². The van der Waals surface area contributed by atoms with Crippen molar-refractivity contribution in [2.24, 2.45) is 5.92 Å². The number of hydrogen-bond donors (Lipinski definition) is 1. The number of piperazine rings is 1. The number of ether oxygens (including phenoxy) is 1. The van der Waals surface area contributed by atoms with Gasteiger partial charge in [0.25, 0.3) is 0 Å². The molecule has 0 amide bonds. The van der Waals surface area contributed by atoms with Gasteiger partial charge >= 0.3 is 0 Å². The van der Waals surface area contributed by atoms with Crippen LogP contribution in [0.3, 0.4) is 0 Å². The molecule has 1 saturated heterocycles. The van der Waals surface area contributed by atoms with Gasteiger partial charge < -0.3 is 15.0 Å². The number of Topliss-reactive ketones (excluding diaryl/α,β-unsaturated/α-hetero) is 1. The standard InChI is InChI=1S/C29H37N3O2/c33-28(22-8-2-1-3-9-22)27(25-14-13-21-7-4-5-11-24(21)30-25)32-18-16-31(17-19-32)26-12-6-10-23-15-20-34-29(23)26/h4-7,10-12,22,25,27,30H,1-3,8-9,13-20H2. The minimum absolute atomic E-state index is 0.0312. The summed E-state index contributed by atoms with van der Waals surface area (Å²) in [5.74, 6) is 1.81. The van der Waals surface area contributed by atoms with E-state index in [1.165, 1.54) is 41.8 Å². The minimum atomic E-state index is -0.0312. The van der Waals surface area contributed by atoms with Crippen LogP contribution in [0.2, 0.25) is 0 Å². The fourth-order valence-electron chi connectivity index (χ4n) is 6.65. The molecule has 34 heavy (non-hydrogen) atoms. The number of carbonyl (C=O) groups excluding carboxylic acids is 1. The number of benzene rings is 2. The summed E-state index contributed by atoms with van der Waals surface area (Å²) in [6.07, 6.45) is 8.93. The molecule has 180 valence electrons. The van der Waals surface area contributed by atoms with Gasteiger partial charge in [0, 0.05) is 50.2 Å². The summed E-state index contributed by atoms with van der Waals surface area (Å²) in [6, 6.07) is 15.3. The third-order valence-electron chi connectivity index (χ3n) is 8.51. The molecule has 3 aliphatic heterocycles. The lowest BCUT2D eigenvalue weighted by Gasteiger charge is -2.45. The van der Waals surface area contributed by atoms with Crippen LogP contribution in [0.5, 0.6) is 5.75 Å². The first-order chi connectivity index (χ1) is 16.8. The van der Waals surface area contributed by atoms with E-state index in [1.807, 2.05) is 0 Å². The molecule has 2 fully saturated rings. The number of anilines is 2. The third kappa shape index (κ3) is 4.19. The lowest BCUT2D eigenvalue weighted by atomic mass is 9.80. The first-order valence-electron chi connectivity index (χ1n) is 13.4. The van der Waals surface area contributed by atoms with Crippen LogP contribution in [-0.4, -0.2) is 55.6 Å². The molecule has 0 aromatic heterocycles. The quantitative estimate of drug-likeness (QED) is 0.703. The highest BCUT2D eigenvalue weighted by molar-refractivity contribution is 5.88. The van der Waals surface area contributed by atoms with Gasteiger partial charge in [0.15, 0.2) is 5.78 Å². The van der Waals surface area contributed by atoms with Crippen LogP contribution in [-0.2, 0) is 17.6 Å². The Bertz CT molecular complexity index is 1020. The highest BCUT2D eigenvalue weighted by Gasteiger charge is 2.40. The molecule has 5 heteroatoms. The Balaban J connectivity index is 1.21. The number of nitrogens with zero attached hydrogens (tertiary/aromatic N) is 2. The molecule has 3 heterocycles. The van der Waals surface area contributed by atoms with Crippen molar-refractivity contribution < 1.29 is 9.53 Å². The molecule has 5 nitrogen and oxygen atoms in total. The molecule has 0 radical (unpaired) electrons. The Kier molecular flexibility index (Phi) is 6.21. The maximum Gasteiger partial charge on any atom is 0.155 e. The van der Waals surface area contributed by atoms with E-state index < -0.39 is 0 Å². The van der Waals surface area contributed by atoms with Gasteiger partial charge in [0.1, 0.15) is 5.75 Å². The summed E-state index contributed by atoms with van der Waals surface area (Å²) in [7, 11) is 0. The van der Waals surface area contributed by atoms with E-state index in [2.05, 4.69) is 57.6 Å². The average Bonchev–Trinajstić information content (AvgIpc) is 3.39. The molecule has 2 aromatic rings. The molecule has 2 unspecified atom stereocenters. The van der Waals surface area contributed by atoms with Crippen LogP contribution in [0, 0.1) is 5.92 Å². The van der Waals surface area contributed by atoms with Crippen LogP contribution in [0.4, 0.5) is 11.4 Å². The topological polar surface area (TPSA) is 44.8 Å². The molecule has 1 saturated carbocycles. The lowest BCUT2D eigenvalue weighted by molar-refractivity contribution is -0.130. The van der Waals surface area contributed by atoms with E-state index >= 15 is 0 Å². The van der Waals surface area contributed by atoms with Gasteiger partial charge in [-0.05, 0) is 48.9 Å². The number of para-hydroxylation sites is 2. The van der Waals surface area contributed by atoms with Crippen molar-refractivity contribution in [3.05, 3.63) is 53.6 Å². The summed E-state index contributed by atoms with van der Waals surface area (Å²) >= 11 is 0. The molecular formula is C29H37N3O2. The van der Waals surface area contributed by atoms with Crippen LogP contribution in [0.25, 0.3) is 0 Å². The summed E-state index contributed by atoms with van der Waals surface area (Å²) in [5, 5.41) is 3.80. The van der Waals surface area contributed by atoms with Crippen molar-refractivity contribution in [2.75, 3.05) is 43.0 Å². The van der Waals surface area contributed by atoms with Crippen molar-refractivity contribution in [1.29, 1.82) is 0 Å². The van der Waals surface area contributed by atoms with Crippen LogP contribution >= 0.6 is 0 Å². The molecule has 2 aromatic carbocycles. The monoisotopic (exact) mass is 459 g/mol. The second-order valence-electron chi connectivity index (χ2n) is 10.5. The van der Waals surface area contributed by atoms with Crippen molar-refractivity contribution in [3.63, 3.8) is 0 Å². The number of fused-ring (bicyclic) bond motifs is 2. The Morgan fingerprint density at radius 3 is 2.53 bits per heavy atom. The SMILES string of the molecule is O=C(C1CCCCC1)C(C1CCc2ccccc2N1)N1CCN(c2cccc3c2OCC3)CC1. The summed E-state index contributed by atoms with van der Waals surface area (Å²) in [5.41, 5.74) is 5.16. The van der Waals surface area contributed by atoms with E-state index in [9.17, 15) is 4.79 Å². The van der Waals surface area contributed by atoms with Crippen molar-refractivity contribution in [3.8, 4) is 5.75 Å². The fraction of sp³-hybridized carbons (Fsp3) is 0.552. The maximum absolute atomic E-state index is 14.0. The van der Waals surface area contributed by atoms with Gasteiger partial charge in [-0.25, -0.2) is 0 Å². The Morgan fingerprint density at radius 1 is 0.882 bits per heavy atom. The predicted octanol–water partition coefficient (Wildman–Crippen LogP) is 4.69. The van der Waals surface area contributed by atoms with Crippen LogP contribution in [0.15, 0.2) is 42.5 Å². The van der Waals surface area contributed by atoms with E-state index in [4.69, 9.17) is 4.74 Å². The predicted molar refractivity (Wildman–Crippen MR) is 137 cm³/mol. The zero-order valence-corrected chi connectivity index (χ0v) is 20.2. The van der Waals surface area contributed by atoms with Gasteiger partial charge in [0.05, 0.1) is 18.3 Å². The summed E-state index contributed by atoms with van der Waals surface area (Å²) in [4.78, 5) is 19.0. The Morgan fingerprint density at radius 2 is 1.68 bits per heavy atom. The smallest absolute Gasteiger partial charge is 0.155 e. The van der Waals surface area contributed by atoms with Crippen molar-refractivity contribution in [2.45, 2.75) is 63.5 Å². The Hall–Kier alpha value is -2.53. The van der Waals surface area contributed by atoms with Gasteiger partial charge in [0.2, 0.25) is 0 Å². The van der Waals surface area contributed by atoms with Crippen LogP contribution < -0.4 is 15.0 Å². The van der Waals surface area contributed by atoms with Crippen LogP contribution in [0.1, 0.15) is 49.7 Å². The van der Waals surface area contributed by atoms with Gasteiger partial charge in [-0.15, -0.1) is 0 Å². The fourth-order valence-corrected chi connectivity index (χ4v) is 6.65. The zero-order chi connectivity index (χ0) is 22.9. The minimum Gasteiger partial charge on any atom is -0.491 e. The summed E-state index contributed by atoms with van der Waals surface area (Å²) in [6.45, 7) is 4.52. The van der Waals surface area contributed by atoms with Gasteiger partial charge in [-0.3, -0.25) is 9.69 Å². The van der Waals surface area contributed by atoms with E-state index in [0.717, 1.165) is 70.6 Å². The van der Waals surface area contributed by atoms with E-state index in [1.54, 1.807) is 0 Å². The molecule has 4 aliphatic rings. The maximum atomic E-state index is 14.0. The van der Waals surface area contributed by atoms with E-state index in [0.29, 0.717) is 5.78 Å². The molecular weight excluding hydrogens is 422 g/mol. The lowest BCUT2D eigenvalue weighted by Crippen LogP contribution is -2.60. The second-order valence-corrected chi connectivity index (χ2v) is 10.5. The molecule has 0 spiro atoms. The number of rotatable bonds is 5. The average molecular weight is 460 g/mol. The molecule has 6 rings (SSSR count). The molecule has 0 bridgehead atoms. The molecule has 2 atom stereocenters. The summed E-state index contributed by atoms with van der Waals surface area (Å²) < 4.78 is 5.98.